The summed E-state index contributed by atoms with van der Waals surface area (Å²) in [6.07, 6.45) is 17.2. The lowest BCUT2D eigenvalue weighted by atomic mass is 9.95. The van der Waals surface area contributed by atoms with Gasteiger partial charge in [-0.3, -0.25) is 0 Å². The van der Waals surface area contributed by atoms with Crippen molar-refractivity contribution < 1.29 is 0 Å². The maximum absolute atomic E-state index is 3.75. The Morgan fingerprint density at radius 1 is 1.36 bits per heavy atom. The molecule has 0 amide bonds. The molecule has 0 aliphatic heterocycles. The zero-order valence-corrected chi connectivity index (χ0v) is 9.28. The third-order valence-electron chi connectivity index (χ3n) is 2.15. The molecule has 0 nitrogen and oxygen atoms in total. The molecule has 0 aromatic rings. The summed E-state index contributed by atoms with van der Waals surface area (Å²) in [5, 5.41) is 0. The van der Waals surface area contributed by atoms with Gasteiger partial charge in [-0.1, -0.05) is 50.0 Å². The minimum absolute atomic E-state index is 0.764. The van der Waals surface area contributed by atoms with E-state index in [2.05, 4.69) is 44.4 Å². The fourth-order valence-electron chi connectivity index (χ4n) is 1.26. The number of allylic oxidation sites excluding steroid dienone is 6. The van der Waals surface area contributed by atoms with E-state index < -0.39 is 0 Å². The van der Waals surface area contributed by atoms with Crippen molar-refractivity contribution in [2.45, 2.75) is 32.6 Å². The van der Waals surface area contributed by atoms with Gasteiger partial charge >= 0.3 is 0 Å². The van der Waals surface area contributed by atoms with Crippen LogP contribution in [-0.2, 0) is 0 Å². The first-order valence-electron chi connectivity index (χ1n) is 5.40. The highest BCUT2D eigenvalue weighted by atomic mass is 14.1. The van der Waals surface area contributed by atoms with Crippen LogP contribution in [0, 0.1) is 5.92 Å². The van der Waals surface area contributed by atoms with Gasteiger partial charge in [-0.05, 0) is 31.6 Å². The summed E-state index contributed by atoms with van der Waals surface area (Å²) in [7, 11) is 0. The van der Waals surface area contributed by atoms with Crippen LogP contribution < -0.4 is 0 Å². The molecule has 0 heterocycles. The molecule has 78 valence electrons. The Morgan fingerprint density at radius 3 is 2.43 bits per heavy atom. The second-order valence-electron chi connectivity index (χ2n) is 3.35. The number of rotatable bonds is 3. The molecule has 0 aromatic heterocycles. The van der Waals surface area contributed by atoms with E-state index in [1.807, 2.05) is 6.08 Å². The van der Waals surface area contributed by atoms with Crippen LogP contribution in [0.5, 0.6) is 0 Å². The van der Waals surface area contributed by atoms with Gasteiger partial charge in [-0.2, -0.15) is 0 Å². The van der Waals surface area contributed by atoms with Crippen LogP contribution in [0.15, 0.2) is 49.6 Å². The summed E-state index contributed by atoms with van der Waals surface area (Å²) in [5.74, 6) is 0.764. The fourth-order valence-corrected chi connectivity index (χ4v) is 1.26. The Morgan fingerprint density at radius 2 is 2.14 bits per heavy atom. The van der Waals surface area contributed by atoms with E-state index in [1.54, 1.807) is 6.08 Å². The molecule has 0 fully saturated rings. The average molecular weight is 190 g/mol. The lowest BCUT2D eigenvalue weighted by Crippen LogP contribution is -1.96. The minimum atomic E-state index is 0.764. The van der Waals surface area contributed by atoms with Crippen LogP contribution in [-0.4, -0.2) is 0 Å². The topological polar surface area (TPSA) is 0 Å². The van der Waals surface area contributed by atoms with Crippen molar-refractivity contribution in [2.75, 3.05) is 0 Å². The summed E-state index contributed by atoms with van der Waals surface area (Å²) < 4.78 is 0. The minimum Gasteiger partial charge on any atom is -0.103 e. The summed E-state index contributed by atoms with van der Waals surface area (Å²) in [6.45, 7) is 9.36. The van der Waals surface area contributed by atoms with Crippen LogP contribution in [0.25, 0.3) is 0 Å². The van der Waals surface area contributed by atoms with Gasteiger partial charge in [0.05, 0.1) is 0 Å². The Kier molecular flexibility index (Phi) is 9.30. The molecular weight excluding hydrogens is 168 g/mol. The van der Waals surface area contributed by atoms with Crippen molar-refractivity contribution in [3.8, 4) is 0 Å². The van der Waals surface area contributed by atoms with Gasteiger partial charge in [0.15, 0.2) is 0 Å². The molecule has 0 bridgehead atoms. The van der Waals surface area contributed by atoms with E-state index >= 15 is 0 Å². The highest BCUT2D eigenvalue weighted by Crippen LogP contribution is 2.17. The van der Waals surface area contributed by atoms with Gasteiger partial charge in [-0.25, -0.2) is 0 Å². The molecule has 1 atom stereocenters. The molecule has 0 N–H and O–H groups in total. The van der Waals surface area contributed by atoms with Gasteiger partial charge in [0.2, 0.25) is 0 Å². The van der Waals surface area contributed by atoms with E-state index in [4.69, 9.17) is 0 Å². The molecule has 0 saturated heterocycles. The Bertz CT molecular complexity index is 196. The predicted octanol–water partition coefficient (Wildman–Crippen LogP) is 4.67. The summed E-state index contributed by atoms with van der Waals surface area (Å²) in [5.41, 5.74) is 0. The van der Waals surface area contributed by atoms with Crippen molar-refractivity contribution in [1.82, 2.24) is 0 Å². The van der Waals surface area contributed by atoms with Crippen molar-refractivity contribution in [2.24, 2.45) is 5.92 Å². The van der Waals surface area contributed by atoms with E-state index in [-0.39, 0.29) is 0 Å². The lowest BCUT2D eigenvalue weighted by molar-refractivity contribution is 0.585. The second kappa shape index (κ2) is 10.0. The molecule has 0 saturated carbocycles. The van der Waals surface area contributed by atoms with Crippen molar-refractivity contribution >= 4 is 0 Å². The van der Waals surface area contributed by atoms with Gasteiger partial charge < -0.3 is 0 Å². The van der Waals surface area contributed by atoms with Crippen LogP contribution >= 0.6 is 0 Å². The standard InChI is InChI=1S/C8H12.C6H10/c1-2-8-6-4-3-5-7-8;1-3-5-6-4-2/h2-4,8H,1,5-7H2;3,5-6H,1,4H2,2H3. The third-order valence-corrected chi connectivity index (χ3v) is 2.15. The first-order valence-corrected chi connectivity index (χ1v) is 5.40. The monoisotopic (exact) mass is 190 g/mol. The zero-order chi connectivity index (χ0) is 10.6. The molecule has 1 aliphatic rings. The molecule has 0 heteroatoms. The molecule has 0 spiro atoms. The Labute approximate surface area is 88.7 Å². The second-order valence-corrected chi connectivity index (χ2v) is 3.35. The van der Waals surface area contributed by atoms with Crippen molar-refractivity contribution in [3.63, 3.8) is 0 Å². The Balaban J connectivity index is 0.000000255. The van der Waals surface area contributed by atoms with E-state index in [1.165, 1.54) is 19.3 Å². The van der Waals surface area contributed by atoms with Gasteiger partial charge in [-0.15, -0.1) is 6.58 Å². The van der Waals surface area contributed by atoms with Crippen LogP contribution in [0.1, 0.15) is 32.6 Å². The quantitative estimate of drug-likeness (QED) is 0.448. The molecule has 14 heavy (non-hydrogen) atoms. The van der Waals surface area contributed by atoms with Crippen LogP contribution in [0.2, 0.25) is 0 Å². The first kappa shape index (κ1) is 13.0. The third kappa shape index (κ3) is 7.60. The molecule has 0 radical (unpaired) electrons. The smallest absolute Gasteiger partial charge is 0.0199 e. The number of hydrogen-bond donors (Lipinski definition) is 0. The molecule has 1 rings (SSSR count). The maximum atomic E-state index is 3.75. The van der Waals surface area contributed by atoms with Crippen molar-refractivity contribution in [3.05, 3.63) is 49.6 Å². The van der Waals surface area contributed by atoms with Crippen LogP contribution in [0.3, 0.4) is 0 Å². The van der Waals surface area contributed by atoms with E-state index in [0.29, 0.717) is 0 Å². The summed E-state index contributed by atoms with van der Waals surface area (Å²) >= 11 is 0. The molecule has 1 unspecified atom stereocenters. The van der Waals surface area contributed by atoms with Gasteiger partial charge in [0.25, 0.3) is 0 Å². The van der Waals surface area contributed by atoms with E-state index in [9.17, 15) is 0 Å². The maximum Gasteiger partial charge on any atom is -0.0199 e. The van der Waals surface area contributed by atoms with Gasteiger partial charge in [0, 0.05) is 0 Å². The highest BCUT2D eigenvalue weighted by Gasteiger charge is 2.02. The number of hydrogen-bond acceptors (Lipinski definition) is 0. The SMILES string of the molecule is C=CC1CC=CCC1.C=CC=CCC. The molecular formula is C14H22. The normalized spacial score (nSPS) is 19.9. The Hall–Kier alpha value is -1.04. The zero-order valence-electron chi connectivity index (χ0n) is 9.28. The predicted molar refractivity (Wildman–Crippen MR) is 66.3 cm³/mol. The van der Waals surface area contributed by atoms with Gasteiger partial charge in [0.1, 0.15) is 0 Å². The average Bonchev–Trinajstić information content (AvgIpc) is 2.28. The fraction of sp³-hybridized carbons (Fsp3) is 0.429. The van der Waals surface area contributed by atoms with Crippen LogP contribution in [0.4, 0.5) is 0 Å². The largest absolute Gasteiger partial charge is 0.103 e. The summed E-state index contributed by atoms with van der Waals surface area (Å²) in [4.78, 5) is 0. The highest BCUT2D eigenvalue weighted by molar-refractivity contribution is 4.96. The lowest BCUT2D eigenvalue weighted by Gasteiger charge is -2.11. The van der Waals surface area contributed by atoms with E-state index in [0.717, 1.165) is 12.3 Å². The van der Waals surface area contributed by atoms with Crippen molar-refractivity contribution in [1.29, 1.82) is 0 Å². The molecule has 1 aliphatic carbocycles. The first-order chi connectivity index (χ1) is 6.85. The molecule has 0 aromatic carbocycles. The summed E-state index contributed by atoms with van der Waals surface area (Å²) in [6, 6.07) is 0.